The minimum Gasteiger partial charge on any atom is -0.493 e. The van der Waals surface area contributed by atoms with Crippen LogP contribution >= 0.6 is 11.6 Å². The van der Waals surface area contributed by atoms with E-state index in [1.807, 2.05) is 0 Å². The van der Waals surface area contributed by atoms with Crippen molar-refractivity contribution >= 4 is 23.2 Å². The molecule has 1 amide bonds. The normalized spacial score (nSPS) is 11.1. The zero-order valence-corrected chi connectivity index (χ0v) is 17.9. The van der Waals surface area contributed by atoms with Crippen LogP contribution < -0.4 is 24.3 Å². The fourth-order valence-corrected chi connectivity index (χ4v) is 2.79. The van der Waals surface area contributed by atoms with Crippen LogP contribution in [0.5, 0.6) is 23.0 Å². The Morgan fingerprint density at radius 2 is 1.72 bits per heavy atom. The van der Waals surface area contributed by atoms with Crippen molar-refractivity contribution in [3.8, 4) is 34.4 Å². The summed E-state index contributed by atoms with van der Waals surface area (Å²) in [6, 6.07) is 8.54. The van der Waals surface area contributed by atoms with Crippen LogP contribution in [0.15, 0.2) is 36.4 Å². The highest BCUT2D eigenvalue weighted by Gasteiger charge is 2.27. The largest absolute Gasteiger partial charge is 0.493 e. The maximum Gasteiger partial charge on any atom is 0.487 e. The van der Waals surface area contributed by atoms with Gasteiger partial charge in [-0.15, -0.1) is 19.0 Å². The number of anilines is 1. The molecule has 0 fully saturated rings. The van der Waals surface area contributed by atoms with Crippen molar-refractivity contribution in [1.29, 1.82) is 0 Å². The molecule has 3 aromatic rings. The van der Waals surface area contributed by atoms with E-state index in [1.165, 1.54) is 45.6 Å². The number of hydrogen-bond acceptors (Lipinski definition) is 8. The van der Waals surface area contributed by atoms with E-state index in [-0.39, 0.29) is 18.1 Å². The van der Waals surface area contributed by atoms with E-state index < -0.39 is 11.5 Å². The van der Waals surface area contributed by atoms with E-state index in [2.05, 4.69) is 25.5 Å². The van der Waals surface area contributed by atoms with E-state index >= 15 is 0 Å². The lowest BCUT2D eigenvalue weighted by Gasteiger charge is -2.12. The number of rotatable bonds is 9. The van der Waals surface area contributed by atoms with Gasteiger partial charge in [-0.05, 0) is 41.6 Å². The summed E-state index contributed by atoms with van der Waals surface area (Å²) >= 11 is 4.71. The minimum absolute atomic E-state index is 0.157. The number of tetrazole rings is 1. The van der Waals surface area contributed by atoms with Crippen molar-refractivity contribution in [1.82, 2.24) is 20.2 Å². The van der Waals surface area contributed by atoms with Crippen LogP contribution in [-0.4, -0.2) is 53.0 Å². The van der Waals surface area contributed by atoms with Crippen LogP contribution in [0.1, 0.15) is 0 Å². The third kappa shape index (κ3) is 5.72. The molecule has 13 heteroatoms. The lowest BCUT2D eigenvalue weighted by atomic mass is 10.1. The van der Waals surface area contributed by atoms with Gasteiger partial charge in [0, 0.05) is 22.9 Å². The van der Waals surface area contributed by atoms with E-state index in [1.54, 1.807) is 12.1 Å². The number of methoxy groups -OCH3 is 3. The average molecular weight is 470 g/mol. The standard InChI is InChI=1S/C19H18ClF2N5O5/c1-29-14-8-11(9-15(30-2)17(14)31-3)18-24-26-27(25-18)10-16(28)23-12-4-6-13(7-5-12)32-19(20,21)22/h4-9H,10H2,1-3H3,(H,23,28). The predicted octanol–water partition coefficient (Wildman–Crippen LogP) is 3.17. The van der Waals surface area contributed by atoms with E-state index in [0.717, 1.165) is 4.80 Å². The van der Waals surface area contributed by atoms with Crippen molar-refractivity contribution in [3.63, 3.8) is 0 Å². The zero-order chi connectivity index (χ0) is 23.3. The number of carbonyl (C=O) groups excluding carboxylic acids is 1. The first kappa shape index (κ1) is 23.0. The summed E-state index contributed by atoms with van der Waals surface area (Å²) < 4.78 is 45.4. The molecule has 32 heavy (non-hydrogen) atoms. The van der Waals surface area contributed by atoms with Crippen LogP contribution in [0.2, 0.25) is 0 Å². The summed E-state index contributed by atoms with van der Waals surface area (Å²) in [5.41, 5.74) is -2.93. The summed E-state index contributed by atoms with van der Waals surface area (Å²) in [7, 11) is 4.45. The molecule has 1 N–H and O–H groups in total. The van der Waals surface area contributed by atoms with Crippen molar-refractivity contribution in [2.75, 3.05) is 26.6 Å². The van der Waals surface area contributed by atoms with Crippen molar-refractivity contribution < 1.29 is 32.5 Å². The Bertz CT molecular complexity index is 1060. The highest BCUT2D eigenvalue weighted by molar-refractivity contribution is 6.20. The molecular formula is C19H18ClF2N5O5. The molecule has 0 spiro atoms. The van der Waals surface area contributed by atoms with Crippen LogP contribution in [0.3, 0.4) is 0 Å². The van der Waals surface area contributed by atoms with Gasteiger partial charge in [0.1, 0.15) is 12.3 Å². The molecule has 0 unspecified atom stereocenters. The van der Waals surface area contributed by atoms with Crippen LogP contribution in [-0.2, 0) is 11.3 Å². The van der Waals surface area contributed by atoms with Gasteiger partial charge in [0.25, 0.3) is 0 Å². The number of carbonyl (C=O) groups is 1. The van der Waals surface area contributed by atoms with Gasteiger partial charge in [-0.1, -0.05) is 0 Å². The molecule has 0 aliphatic carbocycles. The topological polar surface area (TPSA) is 110 Å². The molecule has 0 saturated carbocycles. The van der Waals surface area contributed by atoms with Gasteiger partial charge < -0.3 is 24.3 Å². The Hall–Kier alpha value is -3.67. The van der Waals surface area contributed by atoms with Crippen LogP contribution in [0.25, 0.3) is 11.4 Å². The van der Waals surface area contributed by atoms with E-state index in [9.17, 15) is 13.6 Å². The molecule has 0 atom stereocenters. The fourth-order valence-electron chi connectivity index (χ4n) is 2.70. The van der Waals surface area contributed by atoms with Crippen LogP contribution in [0, 0.1) is 0 Å². The Labute approximate surface area is 186 Å². The number of alkyl halides is 3. The first-order valence-electron chi connectivity index (χ1n) is 8.96. The molecule has 1 aromatic heterocycles. The maximum absolute atomic E-state index is 12.6. The van der Waals surface area contributed by atoms with Gasteiger partial charge in [0.05, 0.1) is 21.3 Å². The van der Waals surface area contributed by atoms with Crippen molar-refractivity contribution in [2.24, 2.45) is 0 Å². The predicted molar refractivity (Wildman–Crippen MR) is 109 cm³/mol. The first-order valence-corrected chi connectivity index (χ1v) is 9.34. The SMILES string of the molecule is COc1cc(-c2nnn(CC(=O)Nc3ccc(OC(F)(F)Cl)cc3)n2)cc(OC)c1OC. The van der Waals surface area contributed by atoms with Crippen molar-refractivity contribution in [3.05, 3.63) is 36.4 Å². The second kappa shape index (κ2) is 9.64. The molecule has 0 saturated heterocycles. The van der Waals surface area contributed by atoms with Crippen molar-refractivity contribution in [2.45, 2.75) is 12.1 Å². The Kier molecular flexibility index (Phi) is 6.93. The molecule has 1 heterocycles. The Morgan fingerprint density at radius 3 is 2.25 bits per heavy atom. The van der Waals surface area contributed by atoms with Gasteiger partial charge in [0.15, 0.2) is 11.5 Å². The minimum atomic E-state index is -3.82. The summed E-state index contributed by atoms with van der Waals surface area (Å²) in [5, 5.41) is 14.6. The second-order valence-electron chi connectivity index (χ2n) is 6.18. The maximum atomic E-state index is 12.6. The van der Waals surface area contributed by atoms with Gasteiger partial charge in [-0.2, -0.15) is 4.80 Å². The third-order valence-electron chi connectivity index (χ3n) is 4.03. The monoisotopic (exact) mass is 469 g/mol. The first-order chi connectivity index (χ1) is 15.2. The second-order valence-corrected chi connectivity index (χ2v) is 6.62. The Morgan fingerprint density at radius 1 is 1.09 bits per heavy atom. The molecule has 0 radical (unpaired) electrons. The van der Waals surface area contributed by atoms with E-state index in [4.69, 9.17) is 25.8 Å². The lowest BCUT2D eigenvalue weighted by molar-refractivity contribution is -0.117. The van der Waals surface area contributed by atoms with Gasteiger partial charge in [0.2, 0.25) is 17.5 Å². The number of halogens is 3. The molecule has 10 nitrogen and oxygen atoms in total. The zero-order valence-electron chi connectivity index (χ0n) is 17.1. The van der Waals surface area contributed by atoms with E-state index in [0.29, 0.717) is 28.5 Å². The molecule has 3 rings (SSSR count). The summed E-state index contributed by atoms with van der Waals surface area (Å²) in [5.74, 6) is 0.856. The highest BCUT2D eigenvalue weighted by Crippen LogP contribution is 2.40. The molecule has 0 bridgehead atoms. The van der Waals surface area contributed by atoms with Gasteiger partial charge in [-0.3, -0.25) is 4.79 Å². The highest BCUT2D eigenvalue weighted by atomic mass is 35.5. The number of amides is 1. The molecular weight excluding hydrogens is 452 g/mol. The number of hydrogen-bond donors (Lipinski definition) is 1. The number of ether oxygens (including phenoxy) is 4. The third-order valence-corrected chi connectivity index (χ3v) is 4.11. The summed E-state index contributed by atoms with van der Waals surface area (Å²) in [6.45, 7) is -0.241. The fraction of sp³-hybridized carbons (Fsp3) is 0.263. The summed E-state index contributed by atoms with van der Waals surface area (Å²) in [6.07, 6.45) is 0. The Balaban J connectivity index is 1.68. The molecule has 2 aromatic carbocycles. The quantitative estimate of drug-likeness (QED) is 0.476. The van der Waals surface area contributed by atoms with Gasteiger partial charge >= 0.3 is 5.57 Å². The molecule has 0 aliphatic heterocycles. The number of aromatic nitrogens is 4. The smallest absolute Gasteiger partial charge is 0.487 e. The summed E-state index contributed by atoms with van der Waals surface area (Å²) in [4.78, 5) is 13.4. The number of nitrogens with zero attached hydrogens (tertiary/aromatic N) is 4. The lowest BCUT2D eigenvalue weighted by Crippen LogP contribution is -2.20. The number of benzene rings is 2. The average Bonchev–Trinajstić information content (AvgIpc) is 3.21. The number of nitrogens with one attached hydrogen (secondary N) is 1. The van der Waals surface area contributed by atoms with Gasteiger partial charge in [-0.25, -0.2) is 0 Å². The molecule has 170 valence electrons. The van der Waals surface area contributed by atoms with Crippen LogP contribution in [0.4, 0.5) is 14.5 Å². The molecule has 0 aliphatic rings.